The van der Waals surface area contributed by atoms with Gasteiger partial charge in [0, 0.05) is 0 Å². The number of allylic oxidation sites excluding steroid dienone is 9. The maximum atomic E-state index is 12.5. The Bertz CT molecular complexity index is 1140. The molecule has 0 fully saturated rings. The summed E-state index contributed by atoms with van der Waals surface area (Å²) in [6.07, 6.45) is 78.6. The van der Waals surface area contributed by atoms with Crippen molar-refractivity contribution in [3.63, 3.8) is 0 Å². The van der Waals surface area contributed by atoms with Crippen LogP contribution in [0.1, 0.15) is 309 Å². The number of nitrogens with one attached hydrogen (secondary N) is 1. The van der Waals surface area contributed by atoms with Crippen LogP contribution in [0.15, 0.2) is 60.8 Å². The van der Waals surface area contributed by atoms with Crippen molar-refractivity contribution in [1.29, 1.82) is 0 Å². The predicted molar refractivity (Wildman–Crippen MR) is 300 cm³/mol. The zero-order chi connectivity index (χ0) is 49.3. The third-order valence-electron chi connectivity index (χ3n) is 13.8. The van der Waals surface area contributed by atoms with Gasteiger partial charge in [0.15, 0.2) is 0 Å². The van der Waals surface area contributed by atoms with Crippen LogP contribution >= 0.6 is 0 Å². The largest absolute Gasteiger partial charge is 0.394 e. The molecule has 0 bridgehead atoms. The third-order valence-corrected chi connectivity index (χ3v) is 13.8. The number of carbonyl (C=O) groups is 1. The lowest BCUT2D eigenvalue weighted by molar-refractivity contribution is -0.124. The van der Waals surface area contributed by atoms with Crippen molar-refractivity contribution >= 4 is 5.91 Å². The fraction of sp³-hybridized carbons (Fsp3) is 0.825. The van der Waals surface area contributed by atoms with Crippen LogP contribution in [0.5, 0.6) is 0 Å². The van der Waals surface area contributed by atoms with E-state index in [0.717, 1.165) is 44.9 Å². The van der Waals surface area contributed by atoms with E-state index in [1.165, 1.54) is 238 Å². The molecule has 0 aromatic rings. The second-order valence-electron chi connectivity index (χ2n) is 20.6. The van der Waals surface area contributed by atoms with Crippen molar-refractivity contribution in [2.75, 3.05) is 6.61 Å². The fourth-order valence-corrected chi connectivity index (χ4v) is 9.17. The molecule has 3 atom stereocenters. The molecular formula is C63H117NO4. The number of hydrogen-bond acceptors (Lipinski definition) is 4. The normalized spacial score (nSPS) is 13.7. The number of aliphatic hydroxyl groups is 3. The lowest BCUT2D eigenvalue weighted by Gasteiger charge is -2.21. The maximum absolute atomic E-state index is 12.5. The molecule has 68 heavy (non-hydrogen) atoms. The molecule has 0 aliphatic heterocycles. The molecule has 398 valence electrons. The summed E-state index contributed by atoms with van der Waals surface area (Å²) in [5.41, 5.74) is 0. The van der Waals surface area contributed by atoms with Crippen molar-refractivity contribution < 1.29 is 20.1 Å². The highest BCUT2D eigenvalue weighted by molar-refractivity contribution is 5.76. The second-order valence-corrected chi connectivity index (χ2v) is 20.6. The molecule has 0 aromatic heterocycles. The summed E-state index contributed by atoms with van der Waals surface area (Å²) in [6.45, 7) is 4.22. The van der Waals surface area contributed by atoms with E-state index in [1.54, 1.807) is 6.08 Å². The molecule has 0 aromatic carbocycles. The van der Waals surface area contributed by atoms with E-state index in [-0.39, 0.29) is 18.9 Å². The summed E-state index contributed by atoms with van der Waals surface area (Å²) in [7, 11) is 0. The molecule has 0 radical (unpaired) electrons. The molecule has 0 spiro atoms. The minimum Gasteiger partial charge on any atom is -0.394 e. The van der Waals surface area contributed by atoms with Crippen LogP contribution in [-0.2, 0) is 4.79 Å². The number of rotatable bonds is 55. The molecule has 0 heterocycles. The van der Waals surface area contributed by atoms with E-state index in [1.807, 2.05) is 6.08 Å². The van der Waals surface area contributed by atoms with Crippen molar-refractivity contribution in [2.24, 2.45) is 0 Å². The highest BCUT2D eigenvalue weighted by Crippen LogP contribution is 2.17. The van der Waals surface area contributed by atoms with E-state index in [2.05, 4.69) is 67.8 Å². The average molecular weight is 953 g/mol. The predicted octanol–water partition coefficient (Wildman–Crippen LogP) is 19.0. The van der Waals surface area contributed by atoms with E-state index in [9.17, 15) is 20.1 Å². The topological polar surface area (TPSA) is 89.8 Å². The van der Waals surface area contributed by atoms with E-state index in [0.29, 0.717) is 6.42 Å². The first-order chi connectivity index (χ1) is 33.5. The summed E-state index contributed by atoms with van der Waals surface area (Å²) in [5, 5.41) is 33.4. The van der Waals surface area contributed by atoms with Gasteiger partial charge in [-0.1, -0.05) is 286 Å². The van der Waals surface area contributed by atoms with Gasteiger partial charge in [-0.3, -0.25) is 4.79 Å². The van der Waals surface area contributed by atoms with Gasteiger partial charge in [-0.25, -0.2) is 0 Å². The van der Waals surface area contributed by atoms with Gasteiger partial charge in [-0.2, -0.15) is 0 Å². The van der Waals surface area contributed by atoms with Gasteiger partial charge in [0.1, 0.15) is 0 Å². The first-order valence-electron chi connectivity index (χ1n) is 30.1. The van der Waals surface area contributed by atoms with Gasteiger partial charge in [-0.15, -0.1) is 0 Å². The van der Waals surface area contributed by atoms with Crippen LogP contribution in [0, 0.1) is 0 Å². The Hall–Kier alpha value is -1.95. The van der Waals surface area contributed by atoms with Crippen molar-refractivity contribution in [3.8, 4) is 0 Å². The zero-order valence-corrected chi connectivity index (χ0v) is 45.5. The molecule has 3 unspecified atom stereocenters. The third kappa shape index (κ3) is 53.4. The number of aliphatic hydroxyl groups excluding tert-OH is 3. The number of carbonyl (C=O) groups excluding carboxylic acids is 1. The molecule has 0 saturated heterocycles. The Labute approximate surface area is 424 Å². The Kier molecular flexibility index (Phi) is 56.0. The van der Waals surface area contributed by atoms with Crippen molar-refractivity contribution in [2.45, 2.75) is 327 Å². The van der Waals surface area contributed by atoms with Gasteiger partial charge in [0.05, 0.1) is 31.3 Å². The summed E-state index contributed by atoms with van der Waals surface area (Å²) >= 11 is 0. The highest BCUT2D eigenvalue weighted by Gasteiger charge is 2.20. The van der Waals surface area contributed by atoms with Gasteiger partial charge in [0.25, 0.3) is 0 Å². The lowest BCUT2D eigenvalue weighted by atomic mass is 10.0. The van der Waals surface area contributed by atoms with Crippen LogP contribution < -0.4 is 5.32 Å². The van der Waals surface area contributed by atoms with Gasteiger partial charge in [0.2, 0.25) is 5.91 Å². The molecule has 0 aliphatic rings. The van der Waals surface area contributed by atoms with Crippen molar-refractivity contribution in [1.82, 2.24) is 5.32 Å². The van der Waals surface area contributed by atoms with Gasteiger partial charge in [-0.05, 0) is 77.0 Å². The Morgan fingerprint density at radius 2 is 0.676 bits per heavy atom. The van der Waals surface area contributed by atoms with E-state index < -0.39 is 18.2 Å². The molecular weight excluding hydrogens is 835 g/mol. The molecule has 5 nitrogen and oxygen atoms in total. The Balaban J connectivity index is 3.58. The molecule has 4 N–H and O–H groups in total. The van der Waals surface area contributed by atoms with Crippen LogP contribution in [0.2, 0.25) is 0 Å². The first-order valence-corrected chi connectivity index (χ1v) is 30.1. The molecule has 0 aliphatic carbocycles. The molecule has 0 saturated carbocycles. The number of unbranched alkanes of at least 4 members (excludes halogenated alkanes) is 38. The summed E-state index contributed by atoms with van der Waals surface area (Å²) in [5.74, 6) is -0.327. The lowest BCUT2D eigenvalue weighted by Crippen LogP contribution is -2.45. The fourth-order valence-electron chi connectivity index (χ4n) is 9.17. The van der Waals surface area contributed by atoms with Crippen LogP contribution in [0.3, 0.4) is 0 Å². The first kappa shape index (κ1) is 66.0. The van der Waals surface area contributed by atoms with Gasteiger partial charge < -0.3 is 20.6 Å². The van der Waals surface area contributed by atoms with Crippen LogP contribution in [-0.4, -0.2) is 46.1 Å². The quantitative estimate of drug-likeness (QED) is 0.0361. The van der Waals surface area contributed by atoms with Gasteiger partial charge >= 0.3 is 0 Å². The summed E-state index contributed by atoms with van der Waals surface area (Å²) < 4.78 is 0. The number of amides is 1. The molecule has 5 heteroatoms. The van der Waals surface area contributed by atoms with Crippen LogP contribution in [0.25, 0.3) is 0 Å². The van der Waals surface area contributed by atoms with Crippen LogP contribution in [0.4, 0.5) is 0 Å². The summed E-state index contributed by atoms with van der Waals surface area (Å²) in [6, 6.07) is -0.770. The van der Waals surface area contributed by atoms with Crippen molar-refractivity contribution in [3.05, 3.63) is 60.8 Å². The highest BCUT2D eigenvalue weighted by atomic mass is 16.3. The Morgan fingerprint density at radius 1 is 0.382 bits per heavy atom. The zero-order valence-electron chi connectivity index (χ0n) is 45.5. The SMILES string of the molecule is CCCCCCCCCCCC/C=C/CC/C=C/CC/C=C/C(O)C(CO)NC(=O)CC(O)CCCCCCCCCCCCCCCCC/C=C\C/C=C\CCCCCCCCCCCCC. The minimum absolute atomic E-state index is 0.00161. The second kappa shape index (κ2) is 57.6. The maximum Gasteiger partial charge on any atom is 0.222 e. The average Bonchev–Trinajstić information content (AvgIpc) is 3.33. The number of hydrogen-bond donors (Lipinski definition) is 4. The molecule has 1 amide bonds. The monoisotopic (exact) mass is 952 g/mol. The molecule has 0 rings (SSSR count). The smallest absolute Gasteiger partial charge is 0.222 e. The van der Waals surface area contributed by atoms with E-state index in [4.69, 9.17) is 0 Å². The Morgan fingerprint density at radius 3 is 1.03 bits per heavy atom. The summed E-state index contributed by atoms with van der Waals surface area (Å²) in [4.78, 5) is 12.5. The minimum atomic E-state index is -0.963. The van der Waals surface area contributed by atoms with E-state index >= 15 is 0 Å². The standard InChI is InChI=1S/C63H117NO4/c1-3-5-7-9-11-13-15-17-19-21-23-25-26-27-28-29-30-31-32-33-34-35-36-37-38-40-42-44-46-48-50-52-54-56-60(66)58-63(68)64-61(59-65)62(67)57-55-53-51-49-47-45-43-41-39-24-22-20-18-16-14-12-10-8-6-4-2/h26-27,29-30,39,41,47,49,55,57,60-62,65-67H,3-25,28,31-38,40,42-46,48,50-54,56,58-59H2,1-2H3,(H,64,68)/b27-26-,30-29-,41-39+,49-47+,57-55+.